The average molecular weight is 330 g/mol. The van der Waals surface area contributed by atoms with Crippen LogP contribution in [0, 0.1) is 11.3 Å². The monoisotopic (exact) mass is 329 g/mol. The zero-order valence-electron chi connectivity index (χ0n) is 10.8. The molecular formula is C16H12BrNO2. The summed E-state index contributed by atoms with van der Waals surface area (Å²) >= 11 is 3.33. The van der Waals surface area contributed by atoms with E-state index in [0.29, 0.717) is 16.9 Å². The van der Waals surface area contributed by atoms with Crippen molar-refractivity contribution >= 4 is 21.7 Å². The van der Waals surface area contributed by atoms with Crippen LogP contribution in [0.2, 0.25) is 0 Å². The van der Waals surface area contributed by atoms with E-state index in [4.69, 9.17) is 10.00 Å². The minimum Gasteiger partial charge on any atom is -0.483 e. The fourth-order valence-corrected chi connectivity index (χ4v) is 2.01. The van der Waals surface area contributed by atoms with Crippen LogP contribution >= 0.6 is 15.9 Å². The predicted octanol–water partition coefficient (Wildman–Crippen LogP) is 3.97. The number of benzene rings is 2. The molecule has 3 nitrogen and oxygen atoms in total. The largest absolute Gasteiger partial charge is 0.483 e. The van der Waals surface area contributed by atoms with Crippen LogP contribution in [0.25, 0.3) is 0 Å². The second-order valence-corrected chi connectivity index (χ2v) is 5.19. The molecule has 0 aliphatic heterocycles. The number of nitriles is 1. The number of hydrogen-bond acceptors (Lipinski definition) is 3. The summed E-state index contributed by atoms with van der Waals surface area (Å²) in [5.41, 5.74) is 1.10. The van der Waals surface area contributed by atoms with Crippen LogP contribution in [0.1, 0.15) is 22.8 Å². The van der Waals surface area contributed by atoms with Crippen LogP contribution < -0.4 is 4.74 Å². The second kappa shape index (κ2) is 6.36. The maximum Gasteiger partial charge on any atom is 0.202 e. The summed E-state index contributed by atoms with van der Waals surface area (Å²) in [6.45, 7) is 1.70. The summed E-state index contributed by atoms with van der Waals surface area (Å²) in [6, 6.07) is 15.9. The number of carbonyl (C=O) groups excluding carboxylic acids is 1. The molecule has 0 saturated carbocycles. The Morgan fingerprint density at radius 1 is 1.25 bits per heavy atom. The number of ether oxygens (including phenoxy) is 1. The topological polar surface area (TPSA) is 50.1 Å². The van der Waals surface area contributed by atoms with Crippen molar-refractivity contribution in [3.8, 4) is 11.8 Å². The van der Waals surface area contributed by atoms with Gasteiger partial charge in [-0.05, 0) is 37.3 Å². The average Bonchev–Trinajstić information content (AvgIpc) is 2.47. The van der Waals surface area contributed by atoms with Crippen molar-refractivity contribution in [2.45, 2.75) is 13.0 Å². The maximum absolute atomic E-state index is 12.2. The molecule has 1 atom stereocenters. The van der Waals surface area contributed by atoms with E-state index in [1.807, 2.05) is 18.2 Å². The van der Waals surface area contributed by atoms with E-state index in [1.54, 1.807) is 43.3 Å². The molecule has 4 heteroatoms. The summed E-state index contributed by atoms with van der Waals surface area (Å²) in [4.78, 5) is 12.2. The third-order valence-electron chi connectivity index (χ3n) is 2.77. The molecule has 0 aromatic heterocycles. The Labute approximate surface area is 125 Å². The number of nitrogens with zero attached hydrogens (tertiary/aromatic N) is 1. The quantitative estimate of drug-likeness (QED) is 0.797. The van der Waals surface area contributed by atoms with Crippen molar-refractivity contribution < 1.29 is 9.53 Å². The molecule has 0 amide bonds. The lowest BCUT2D eigenvalue weighted by Gasteiger charge is -2.13. The predicted molar refractivity (Wildman–Crippen MR) is 79.7 cm³/mol. The van der Waals surface area contributed by atoms with Gasteiger partial charge in [-0.1, -0.05) is 34.1 Å². The van der Waals surface area contributed by atoms with E-state index in [1.165, 1.54) is 0 Å². The summed E-state index contributed by atoms with van der Waals surface area (Å²) in [6.07, 6.45) is -0.606. The van der Waals surface area contributed by atoms with Crippen molar-refractivity contribution in [2.75, 3.05) is 0 Å². The lowest BCUT2D eigenvalue weighted by molar-refractivity contribution is 0.0818. The molecule has 0 saturated heterocycles. The summed E-state index contributed by atoms with van der Waals surface area (Å²) in [5, 5.41) is 8.83. The van der Waals surface area contributed by atoms with Gasteiger partial charge in [0, 0.05) is 10.0 Å². The van der Waals surface area contributed by atoms with Gasteiger partial charge in [-0.15, -0.1) is 0 Å². The fraction of sp³-hybridized carbons (Fsp3) is 0.125. The number of hydrogen-bond donors (Lipinski definition) is 0. The molecule has 100 valence electrons. The molecule has 0 N–H and O–H groups in total. The van der Waals surface area contributed by atoms with Crippen LogP contribution in [-0.2, 0) is 0 Å². The summed E-state index contributed by atoms with van der Waals surface area (Å²) in [7, 11) is 0. The highest BCUT2D eigenvalue weighted by atomic mass is 79.9. The van der Waals surface area contributed by atoms with Gasteiger partial charge >= 0.3 is 0 Å². The Bertz CT molecular complexity index is 659. The van der Waals surface area contributed by atoms with Gasteiger partial charge in [-0.2, -0.15) is 5.26 Å². The lowest BCUT2D eigenvalue weighted by atomic mass is 10.1. The number of carbonyl (C=O) groups is 1. The van der Waals surface area contributed by atoms with Gasteiger partial charge < -0.3 is 4.74 Å². The van der Waals surface area contributed by atoms with Crippen LogP contribution in [0.5, 0.6) is 5.75 Å². The molecule has 0 aliphatic carbocycles. The SMILES string of the molecule is CC(Oc1cccc(C#N)c1)C(=O)c1ccc(Br)cc1. The van der Waals surface area contributed by atoms with E-state index < -0.39 is 6.10 Å². The van der Waals surface area contributed by atoms with Gasteiger partial charge in [0.1, 0.15) is 5.75 Å². The summed E-state index contributed by atoms with van der Waals surface area (Å²) in [5.74, 6) is 0.418. The Kier molecular flexibility index (Phi) is 4.54. The third-order valence-corrected chi connectivity index (χ3v) is 3.30. The Hall–Kier alpha value is -2.12. The Morgan fingerprint density at radius 2 is 1.95 bits per heavy atom. The minimum absolute atomic E-state index is 0.0974. The van der Waals surface area contributed by atoms with Gasteiger partial charge in [0.05, 0.1) is 11.6 Å². The molecule has 0 heterocycles. The van der Waals surface area contributed by atoms with Crippen molar-refractivity contribution in [3.05, 3.63) is 64.1 Å². The molecule has 20 heavy (non-hydrogen) atoms. The van der Waals surface area contributed by atoms with Gasteiger partial charge in [0.2, 0.25) is 5.78 Å². The zero-order valence-corrected chi connectivity index (χ0v) is 12.4. The maximum atomic E-state index is 12.2. The molecule has 0 aliphatic rings. The molecule has 2 aromatic carbocycles. The van der Waals surface area contributed by atoms with Crippen LogP contribution in [-0.4, -0.2) is 11.9 Å². The highest BCUT2D eigenvalue weighted by Crippen LogP contribution is 2.17. The first-order valence-corrected chi connectivity index (χ1v) is 6.86. The molecule has 0 spiro atoms. The van der Waals surface area contributed by atoms with E-state index in [0.717, 1.165) is 4.47 Å². The van der Waals surface area contributed by atoms with Crippen molar-refractivity contribution in [1.82, 2.24) is 0 Å². The van der Waals surface area contributed by atoms with Crippen molar-refractivity contribution in [3.63, 3.8) is 0 Å². The van der Waals surface area contributed by atoms with Crippen molar-refractivity contribution in [2.24, 2.45) is 0 Å². The number of halogens is 1. The fourth-order valence-electron chi connectivity index (χ4n) is 1.75. The van der Waals surface area contributed by atoms with E-state index >= 15 is 0 Å². The molecule has 0 radical (unpaired) electrons. The standard InChI is InChI=1S/C16H12BrNO2/c1-11(16(19)13-5-7-14(17)8-6-13)20-15-4-2-3-12(9-15)10-18/h2-9,11H,1H3. The number of rotatable bonds is 4. The lowest BCUT2D eigenvalue weighted by Crippen LogP contribution is -2.23. The van der Waals surface area contributed by atoms with E-state index in [-0.39, 0.29) is 5.78 Å². The Morgan fingerprint density at radius 3 is 2.60 bits per heavy atom. The zero-order chi connectivity index (χ0) is 14.5. The van der Waals surface area contributed by atoms with Gasteiger partial charge in [-0.25, -0.2) is 0 Å². The highest BCUT2D eigenvalue weighted by Gasteiger charge is 2.16. The molecule has 0 fully saturated rings. The molecular weight excluding hydrogens is 318 g/mol. The van der Waals surface area contributed by atoms with E-state index in [2.05, 4.69) is 15.9 Å². The van der Waals surface area contributed by atoms with Crippen LogP contribution in [0.3, 0.4) is 0 Å². The molecule has 1 unspecified atom stereocenters. The van der Waals surface area contributed by atoms with Gasteiger partial charge in [0.15, 0.2) is 6.10 Å². The van der Waals surface area contributed by atoms with Gasteiger partial charge in [-0.3, -0.25) is 4.79 Å². The second-order valence-electron chi connectivity index (χ2n) is 4.27. The minimum atomic E-state index is -0.606. The number of Topliss-reactive ketones (excluding diaryl/α,β-unsaturated/α-hetero) is 1. The first kappa shape index (κ1) is 14.3. The molecule has 2 aromatic rings. The number of ketones is 1. The summed E-state index contributed by atoms with van der Waals surface area (Å²) < 4.78 is 6.51. The first-order valence-electron chi connectivity index (χ1n) is 6.07. The normalized spacial score (nSPS) is 11.4. The van der Waals surface area contributed by atoms with Gasteiger partial charge in [0.25, 0.3) is 0 Å². The van der Waals surface area contributed by atoms with Crippen LogP contribution in [0.4, 0.5) is 0 Å². The Balaban J connectivity index is 2.11. The van der Waals surface area contributed by atoms with Crippen molar-refractivity contribution in [1.29, 1.82) is 5.26 Å². The van der Waals surface area contributed by atoms with Crippen LogP contribution in [0.15, 0.2) is 53.0 Å². The molecule has 2 rings (SSSR count). The third kappa shape index (κ3) is 3.46. The molecule has 0 bridgehead atoms. The highest BCUT2D eigenvalue weighted by molar-refractivity contribution is 9.10. The first-order chi connectivity index (χ1) is 9.60. The van der Waals surface area contributed by atoms with E-state index in [9.17, 15) is 4.79 Å². The smallest absolute Gasteiger partial charge is 0.202 e.